The average molecular weight is 181 g/mol. The molecule has 0 aromatic heterocycles. The molecule has 0 spiro atoms. The third-order valence-electron chi connectivity index (χ3n) is 1.86. The first kappa shape index (κ1) is 9.99. The van der Waals surface area contributed by atoms with Gasteiger partial charge in [-0.1, -0.05) is 23.8 Å². The lowest BCUT2D eigenvalue weighted by Crippen LogP contribution is -2.20. The maximum Gasteiger partial charge on any atom is 0.309 e. The molecular formula is C10H15NO2. The van der Waals surface area contributed by atoms with Crippen molar-refractivity contribution in [2.45, 2.75) is 25.8 Å². The lowest BCUT2D eigenvalue weighted by molar-refractivity contribution is -0.142. The molecule has 0 saturated carbocycles. The predicted octanol–water partition coefficient (Wildman–Crippen LogP) is 1.15. The van der Waals surface area contributed by atoms with Gasteiger partial charge in [-0.2, -0.15) is 0 Å². The number of carbonyl (C=O) groups is 1. The SMILES string of the molecule is CCOC(=O)CC1=CC=CC(N)C1. The van der Waals surface area contributed by atoms with E-state index in [2.05, 4.69) is 0 Å². The van der Waals surface area contributed by atoms with Gasteiger partial charge >= 0.3 is 5.97 Å². The largest absolute Gasteiger partial charge is 0.466 e. The summed E-state index contributed by atoms with van der Waals surface area (Å²) in [5.74, 6) is -0.170. The zero-order valence-electron chi connectivity index (χ0n) is 7.82. The van der Waals surface area contributed by atoms with Gasteiger partial charge < -0.3 is 10.5 Å². The zero-order valence-corrected chi connectivity index (χ0v) is 7.82. The van der Waals surface area contributed by atoms with Crippen LogP contribution in [0.25, 0.3) is 0 Å². The zero-order chi connectivity index (χ0) is 9.68. The van der Waals surface area contributed by atoms with Gasteiger partial charge in [-0.25, -0.2) is 0 Å². The smallest absolute Gasteiger partial charge is 0.309 e. The molecule has 2 N–H and O–H groups in total. The van der Waals surface area contributed by atoms with E-state index in [-0.39, 0.29) is 12.0 Å². The number of allylic oxidation sites excluding steroid dienone is 2. The second-order valence-electron chi connectivity index (χ2n) is 3.06. The molecule has 0 fully saturated rings. The Balaban J connectivity index is 2.41. The summed E-state index contributed by atoms with van der Waals surface area (Å²) in [6, 6.07) is 0.0504. The second kappa shape index (κ2) is 4.82. The average Bonchev–Trinajstić information content (AvgIpc) is 2.04. The predicted molar refractivity (Wildman–Crippen MR) is 51.1 cm³/mol. The fraction of sp³-hybridized carbons (Fsp3) is 0.500. The van der Waals surface area contributed by atoms with Gasteiger partial charge in [0.25, 0.3) is 0 Å². The van der Waals surface area contributed by atoms with E-state index in [9.17, 15) is 4.79 Å². The number of esters is 1. The van der Waals surface area contributed by atoms with Crippen molar-refractivity contribution >= 4 is 5.97 Å². The van der Waals surface area contributed by atoms with Crippen molar-refractivity contribution < 1.29 is 9.53 Å². The Bertz CT molecular complexity index is 243. The normalized spacial score (nSPS) is 21.1. The van der Waals surface area contributed by atoms with E-state index in [0.29, 0.717) is 13.0 Å². The molecule has 3 heteroatoms. The van der Waals surface area contributed by atoms with E-state index >= 15 is 0 Å². The highest BCUT2D eigenvalue weighted by Crippen LogP contribution is 2.15. The van der Waals surface area contributed by atoms with Crippen LogP contribution in [-0.4, -0.2) is 18.6 Å². The summed E-state index contributed by atoms with van der Waals surface area (Å²) in [4.78, 5) is 11.1. The molecule has 72 valence electrons. The maximum absolute atomic E-state index is 11.1. The van der Waals surface area contributed by atoms with Crippen LogP contribution in [0.15, 0.2) is 23.8 Å². The highest BCUT2D eigenvalue weighted by molar-refractivity contribution is 5.72. The summed E-state index contributed by atoms with van der Waals surface area (Å²) in [6.45, 7) is 2.24. The molecule has 1 atom stereocenters. The fourth-order valence-corrected chi connectivity index (χ4v) is 1.30. The number of carbonyl (C=O) groups excluding carboxylic acids is 1. The second-order valence-corrected chi connectivity index (χ2v) is 3.06. The quantitative estimate of drug-likeness (QED) is 0.664. The van der Waals surface area contributed by atoms with Crippen LogP contribution in [0, 0.1) is 0 Å². The highest BCUT2D eigenvalue weighted by Gasteiger charge is 2.11. The molecule has 13 heavy (non-hydrogen) atoms. The lowest BCUT2D eigenvalue weighted by Gasteiger charge is -2.13. The molecule has 0 heterocycles. The first-order chi connectivity index (χ1) is 6.22. The van der Waals surface area contributed by atoms with Gasteiger partial charge in [0.05, 0.1) is 13.0 Å². The summed E-state index contributed by atoms with van der Waals surface area (Å²) in [5.41, 5.74) is 6.74. The molecular weight excluding hydrogens is 166 g/mol. The van der Waals surface area contributed by atoms with Gasteiger partial charge in [0.15, 0.2) is 0 Å². The van der Waals surface area contributed by atoms with Crippen LogP contribution in [-0.2, 0) is 9.53 Å². The third-order valence-corrected chi connectivity index (χ3v) is 1.86. The van der Waals surface area contributed by atoms with Gasteiger partial charge in [0.1, 0.15) is 0 Å². The van der Waals surface area contributed by atoms with Crippen LogP contribution >= 0.6 is 0 Å². The van der Waals surface area contributed by atoms with Crippen LogP contribution in [0.4, 0.5) is 0 Å². The number of nitrogens with two attached hydrogens (primary N) is 1. The molecule has 1 aliphatic carbocycles. The Morgan fingerprint density at radius 2 is 2.54 bits per heavy atom. The monoisotopic (exact) mass is 181 g/mol. The molecule has 3 nitrogen and oxygen atoms in total. The number of hydrogen-bond acceptors (Lipinski definition) is 3. The summed E-state index contributed by atoms with van der Waals surface area (Å²) >= 11 is 0. The van der Waals surface area contributed by atoms with Gasteiger partial charge in [0.2, 0.25) is 0 Å². The molecule has 0 bridgehead atoms. The van der Waals surface area contributed by atoms with Crippen LogP contribution in [0.1, 0.15) is 19.8 Å². The molecule has 1 unspecified atom stereocenters. The van der Waals surface area contributed by atoms with Crippen LogP contribution in [0.5, 0.6) is 0 Å². The van der Waals surface area contributed by atoms with Gasteiger partial charge in [-0.05, 0) is 13.3 Å². The molecule has 0 amide bonds. The Labute approximate surface area is 78.3 Å². The van der Waals surface area contributed by atoms with E-state index in [1.165, 1.54) is 0 Å². The first-order valence-corrected chi connectivity index (χ1v) is 4.49. The lowest BCUT2D eigenvalue weighted by atomic mass is 9.99. The molecule has 1 rings (SSSR count). The standard InChI is InChI=1S/C10H15NO2/c1-2-13-10(12)7-8-4-3-5-9(11)6-8/h3-5,9H,2,6-7,11H2,1H3. The molecule has 0 saturated heterocycles. The minimum Gasteiger partial charge on any atom is -0.466 e. The number of hydrogen-bond donors (Lipinski definition) is 1. The van der Waals surface area contributed by atoms with Gasteiger partial charge in [-0.3, -0.25) is 4.79 Å². The van der Waals surface area contributed by atoms with E-state index < -0.39 is 0 Å². The van der Waals surface area contributed by atoms with Crippen LogP contribution in [0.3, 0.4) is 0 Å². The van der Waals surface area contributed by atoms with E-state index in [1.54, 1.807) is 6.92 Å². The van der Waals surface area contributed by atoms with Crippen molar-refractivity contribution in [2.24, 2.45) is 5.73 Å². The minimum absolute atomic E-state index is 0.0504. The van der Waals surface area contributed by atoms with Crippen molar-refractivity contribution in [3.05, 3.63) is 23.8 Å². The van der Waals surface area contributed by atoms with E-state index in [1.807, 2.05) is 18.2 Å². The third kappa shape index (κ3) is 3.42. The Morgan fingerprint density at radius 1 is 1.77 bits per heavy atom. The number of rotatable bonds is 3. The fourth-order valence-electron chi connectivity index (χ4n) is 1.30. The van der Waals surface area contributed by atoms with Crippen molar-refractivity contribution in [2.75, 3.05) is 6.61 Å². The summed E-state index contributed by atoms with van der Waals surface area (Å²) in [5, 5.41) is 0. The Morgan fingerprint density at radius 3 is 3.15 bits per heavy atom. The molecule has 0 aromatic rings. The van der Waals surface area contributed by atoms with Crippen LogP contribution in [0.2, 0.25) is 0 Å². The summed E-state index contributed by atoms with van der Waals surface area (Å²) in [7, 11) is 0. The molecule has 1 aliphatic rings. The summed E-state index contributed by atoms with van der Waals surface area (Å²) < 4.78 is 4.84. The minimum atomic E-state index is -0.170. The van der Waals surface area contributed by atoms with Crippen molar-refractivity contribution in [1.82, 2.24) is 0 Å². The molecule has 0 radical (unpaired) electrons. The molecule has 0 aliphatic heterocycles. The van der Waals surface area contributed by atoms with E-state index in [0.717, 1.165) is 12.0 Å². The first-order valence-electron chi connectivity index (χ1n) is 4.49. The topological polar surface area (TPSA) is 52.3 Å². The van der Waals surface area contributed by atoms with Crippen molar-refractivity contribution in [1.29, 1.82) is 0 Å². The molecule has 0 aromatic carbocycles. The maximum atomic E-state index is 11.1. The van der Waals surface area contributed by atoms with Gasteiger partial charge in [-0.15, -0.1) is 0 Å². The van der Waals surface area contributed by atoms with Crippen LogP contribution < -0.4 is 5.73 Å². The Hall–Kier alpha value is -1.09. The van der Waals surface area contributed by atoms with Crippen molar-refractivity contribution in [3.8, 4) is 0 Å². The van der Waals surface area contributed by atoms with Gasteiger partial charge in [0, 0.05) is 6.04 Å². The Kier molecular flexibility index (Phi) is 3.71. The summed E-state index contributed by atoms with van der Waals surface area (Å²) in [6.07, 6.45) is 6.87. The highest BCUT2D eigenvalue weighted by atomic mass is 16.5. The number of ether oxygens (including phenoxy) is 1. The van der Waals surface area contributed by atoms with Crippen molar-refractivity contribution in [3.63, 3.8) is 0 Å². The van der Waals surface area contributed by atoms with E-state index in [4.69, 9.17) is 10.5 Å².